The third-order valence-electron chi connectivity index (χ3n) is 6.53. The van der Waals surface area contributed by atoms with E-state index in [9.17, 15) is 4.79 Å². The maximum atomic E-state index is 11.6. The van der Waals surface area contributed by atoms with E-state index in [1.165, 1.54) is 11.1 Å². The van der Waals surface area contributed by atoms with Crippen molar-refractivity contribution >= 4 is 18.2 Å². The number of nitrogens with two attached hydrogens (primary N) is 1. The monoisotopic (exact) mass is 494 g/mol. The molecular weight excluding hydrogens is 444 g/mol. The highest BCUT2D eigenvalue weighted by Gasteiger charge is 2.24. The molecule has 5 nitrogen and oxygen atoms in total. The van der Waals surface area contributed by atoms with Crippen LogP contribution in [-0.4, -0.2) is 61.8 Å². The quantitative estimate of drug-likeness (QED) is 0.651. The van der Waals surface area contributed by atoms with Gasteiger partial charge in [-0.25, -0.2) is 0 Å². The average molecular weight is 495 g/mol. The lowest BCUT2D eigenvalue weighted by Crippen LogP contribution is -2.48. The van der Waals surface area contributed by atoms with Gasteiger partial charge in [0.15, 0.2) is 0 Å². The summed E-state index contributed by atoms with van der Waals surface area (Å²) in [5.41, 5.74) is 6.93. The van der Waals surface area contributed by atoms with Gasteiger partial charge in [0.05, 0.1) is 6.54 Å². The second-order valence-corrected chi connectivity index (χ2v) is 9.09. The van der Waals surface area contributed by atoms with E-state index < -0.39 is 14.0 Å². The Kier molecular flexibility index (Phi) is 10.6. The third kappa shape index (κ3) is 10.2. The van der Waals surface area contributed by atoms with Crippen molar-refractivity contribution in [1.82, 2.24) is 15.1 Å². The molecule has 0 spiro atoms. The molecule has 4 rings (SSSR count). The molecule has 2 aliphatic rings. The number of hydrogen-bond acceptors (Lipinski definition) is 5. The number of piperidine rings is 2. The van der Waals surface area contributed by atoms with E-state index in [1.807, 2.05) is 43.3 Å². The molecule has 3 unspecified atom stereocenters. The SMILES string of the molecule is CC1CCN(Cc2ccccc2)CC1=O.Cl.[2H]C([2H])([2H])N.[2H]C([2H])([2H])NC1CN(Cc2ccccc2)CCC1C. The number of likely N-dealkylation sites (N-methyl/N-ethyl adjacent to an activating group) is 1. The number of ketones is 1. The average Bonchev–Trinajstić information content (AvgIpc) is 2.83. The Balaban J connectivity index is 0.000000341. The van der Waals surface area contributed by atoms with Crippen LogP contribution in [0.25, 0.3) is 0 Å². The molecule has 3 N–H and O–H groups in total. The molecular formula is C28H45ClN4O. The number of nitrogens with one attached hydrogen (secondary N) is 1. The van der Waals surface area contributed by atoms with Gasteiger partial charge in [-0.15, -0.1) is 12.4 Å². The van der Waals surface area contributed by atoms with E-state index in [0.717, 1.165) is 45.6 Å². The normalized spacial score (nSPS) is 26.3. The van der Waals surface area contributed by atoms with Gasteiger partial charge in [-0.1, -0.05) is 74.5 Å². The Hall–Kier alpha value is -1.76. The van der Waals surface area contributed by atoms with Crippen LogP contribution in [0.5, 0.6) is 0 Å². The molecule has 0 bridgehead atoms. The molecule has 3 atom stereocenters. The molecule has 0 radical (unpaired) electrons. The molecule has 2 aromatic rings. The van der Waals surface area contributed by atoms with Gasteiger partial charge in [0.1, 0.15) is 5.78 Å². The largest absolute Gasteiger partial charge is 0.333 e. The molecule has 190 valence electrons. The minimum atomic E-state index is -2.25. The fourth-order valence-corrected chi connectivity index (χ4v) is 4.28. The predicted octanol–water partition coefficient (Wildman–Crippen LogP) is 4.21. The molecule has 2 fully saturated rings. The van der Waals surface area contributed by atoms with Gasteiger partial charge in [0.25, 0.3) is 0 Å². The first-order valence-electron chi connectivity index (χ1n) is 14.8. The summed E-state index contributed by atoms with van der Waals surface area (Å²) in [5, 5.41) is 2.78. The molecule has 34 heavy (non-hydrogen) atoms. The van der Waals surface area contributed by atoms with Crippen molar-refractivity contribution in [2.45, 2.75) is 45.8 Å². The maximum Gasteiger partial charge on any atom is 0.149 e. The van der Waals surface area contributed by atoms with Gasteiger partial charge in [0, 0.05) is 39.8 Å². The first kappa shape index (κ1) is 21.5. The number of likely N-dealkylation sites (tertiary alicyclic amines) is 2. The van der Waals surface area contributed by atoms with Gasteiger partial charge in [-0.3, -0.25) is 14.6 Å². The maximum absolute atomic E-state index is 11.6. The van der Waals surface area contributed by atoms with E-state index in [-0.39, 0.29) is 24.4 Å². The van der Waals surface area contributed by atoms with Crippen molar-refractivity contribution < 1.29 is 13.0 Å². The number of hydrogen-bond donors (Lipinski definition) is 2. The lowest BCUT2D eigenvalue weighted by Gasteiger charge is -2.37. The van der Waals surface area contributed by atoms with Gasteiger partial charge < -0.3 is 11.1 Å². The van der Waals surface area contributed by atoms with Gasteiger partial charge in [0.2, 0.25) is 0 Å². The molecule has 2 heterocycles. The molecule has 6 heteroatoms. The molecule has 2 aliphatic heterocycles. The molecule has 2 saturated heterocycles. The van der Waals surface area contributed by atoms with E-state index in [0.29, 0.717) is 18.2 Å². The van der Waals surface area contributed by atoms with E-state index >= 15 is 0 Å². The third-order valence-corrected chi connectivity index (χ3v) is 6.53. The van der Waals surface area contributed by atoms with Crippen LogP contribution < -0.4 is 11.1 Å². The van der Waals surface area contributed by atoms with Crippen LogP contribution in [0.3, 0.4) is 0 Å². The molecule has 0 aliphatic carbocycles. The van der Waals surface area contributed by atoms with Crippen molar-refractivity contribution in [3.63, 3.8) is 0 Å². The second-order valence-electron chi connectivity index (χ2n) is 9.09. The van der Waals surface area contributed by atoms with Gasteiger partial charge in [-0.2, -0.15) is 0 Å². The summed E-state index contributed by atoms with van der Waals surface area (Å²) >= 11 is 0. The number of nitrogens with zero attached hydrogens (tertiary/aromatic N) is 2. The van der Waals surface area contributed by atoms with Crippen molar-refractivity contribution in [3.05, 3.63) is 71.8 Å². The summed E-state index contributed by atoms with van der Waals surface area (Å²) in [4.78, 5) is 16.1. The number of benzene rings is 2. The lowest BCUT2D eigenvalue weighted by atomic mass is 9.93. The highest BCUT2D eigenvalue weighted by atomic mass is 35.5. The minimum absolute atomic E-state index is 0. The Bertz CT molecular complexity index is 972. The van der Waals surface area contributed by atoms with Gasteiger partial charge >= 0.3 is 0 Å². The highest BCUT2D eigenvalue weighted by Crippen LogP contribution is 2.19. The number of rotatable bonds is 5. The predicted molar refractivity (Wildman–Crippen MR) is 146 cm³/mol. The molecule has 2 aromatic carbocycles. The van der Waals surface area contributed by atoms with Crippen LogP contribution in [0, 0.1) is 11.8 Å². The zero-order valence-corrected chi connectivity index (χ0v) is 21.3. The van der Waals surface area contributed by atoms with Gasteiger partial charge in [-0.05, 0) is 56.9 Å². The van der Waals surface area contributed by atoms with E-state index in [1.54, 1.807) is 0 Å². The van der Waals surface area contributed by atoms with Crippen molar-refractivity contribution in [2.75, 3.05) is 40.1 Å². The Morgan fingerprint density at radius 1 is 0.941 bits per heavy atom. The number of carbonyl (C=O) groups excluding carboxylic acids is 1. The van der Waals surface area contributed by atoms with Crippen LogP contribution in [-0.2, 0) is 17.9 Å². The number of halogens is 1. The molecule has 0 saturated carbocycles. The summed E-state index contributed by atoms with van der Waals surface area (Å²) in [6.07, 6.45) is 2.05. The second kappa shape index (κ2) is 16.8. The van der Waals surface area contributed by atoms with Crippen molar-refractivity contribution in [1.29, 1.82) is 0 Å². The zero-order chi connectivity index (χ0) is 29.1. The van der Waals surface area contributed by atoms with Crippen molar-refractivity contribution in [2.24, 2.45) is 17.6 Å². The summed E-state index contributed by atoms with van der Waals surface area (Å²) in [6.45, 7) is 5.16. The topological polar surface area (TPSA) is 61.6 Å². The fourth-order valence-electron chi connectivity index (χ4n) is 4.28. The Labute approximate surface area is 221 Å². The lowest BCUT2D eigenvalue weighted by molar-refractivity contribution is -0.126. The van der Waals surface area contributed by atoms with Crippen LogP contribution >= 0.6 is 12.4 Å². The standard InChI is InChI=1S/C14H22N2.C13H17NO.CH5N.ClH/c1-12-8-9-16(11-14(12)15-2)10-13-6-4-3-5-7-13;1-11-7-8-14(10-13(11)15)9-12-5-3-2-4-6-12;1-2;/h3-7,12,14-15H,8-11H2,1-2H3;2-6,11H,7-10H2,1H3;2H2,1H3;1H/i2D3;;1D3;. The van der Waals surface area contributed by atoms with Crippen molar-refractivity contribution in [3.8, 4) is 0 Å². The minimum Gasteiger partial charge on any atom is -0.333 e. The first-order valence-corrected chi connectivity index (χ1v) is 11.8. The molecule has 0 aromatic heterocycles. The van der Waals surface area contributed by atoms with Crippen LogP contribution in [0.2, 0.25) is 0 Å². The Morgan fingerprint density at radius 3 is 2.00 bits per heavy atom. The fraction of sp³-hybridized carbons (Fsp3) is 0.536. The highest BCUT2D eigenvalue weighted by molar-refractivity contribution is 5.85. The molecule has 0 amide bonds. The first-order chi connectivity index (χ1) is 18.2. The summed E-state index contributed by atoms with van der Waals surface area (Å²) in [5.74, 6) is 1.06. The van der Waals surface area contributed by atoms with Crippen LogP contribution in [0.1, 0.15) is 46.0 Å². The van der Waals surface area contributed by atoms with Crippen LogP contribution in [0.4, 0.5) is 0 Å². The summed E-state index contributed by atoms with van der Waals surface area (Å²) < 4.78 is 40.2. The Morgan fingerprint density at radius 2 is 1.47 bits per heavy atom. The number of carbonyl (C=O) groups is 1. The summed E-state index contributed by atoms with van der Waals surface area (Å²) in [6, 6.07) is 20.7. The van der Waals surface area contributed by atoms with Crippen LogP contribution in [0.15, 0.2) is 60.7 Å². The van der Waals surface area contributed by atoms with E-state index in [2.05, 4.69) is 52.0 Å². The van der Waals surface area contributed by atoms with E-state index in [4.69, 9.17) is 8.22 Å². The summed E-state index contributed by atoms with van der Waals surface area (Å²) in [7, 11) is 0. The smallest absolute Gasteiger partial charge is 0.149 e. The number of Topliss-reactive ketones (excluding diaryl/α,β-unsaturated/α-hetero) is 1. The zero-order valence-electron chi connectivity index (χ0n) is 26.5.